The molecule has 2 rings (SSSR count). The first kappa shape index (κ1) is 20.4. The lowest BCUT2D eigenvalue weighted by atomic mass is 10.2. The van der Waals surface area contributed by atoms with Gasteiger partial charge in [-0.25, -0.2) is 9.82 Å². The number of phenols is 1. The number of anilines is 1. The number of rotatable bonds is 7. The Bertz CT molecular complexity index is 874. The van der Waals surface area contributed by atoms with Crippen LogP contribution < -0.4 is 15.5 Å². The number of para-hydroxylation sites is 1. The Kier molecular flexibility index (Phi) is 7.30. The molecular formula is C18H17BrFN3O4. The van der Waals surface area contributed by atoms with Gasteiger partial charge < -0.3 is 15.2 Å². The molecule has 0 saturated heterocycles. The van der Waals surface area contributed by atoms with E-state index in [1.54, 1.807) is 18.2 Å². The largest absolute Gasteiger partial charge is 0.504 e. The third-order valence-corrected chi connectivity index (χ3v) is 3.87. The van der Waals surface area contributed by atoms with Gasteiger partial charge in [-0.05, 0) is 24.3 Å². The van der Waals surface area contributed by atoms with Crippen LogP contribution in [0.4, 0.5) is 10.1 Å². The van der Waals surface area contributed by atoms with Gasteiger partial charge in [0.2, 0.25) is 11.8 Å². The Morgan fingerprint density at radius 1 is 1.26 bits per heavy atom. The molecule has 7 nitrogen and oxygen atoms in total. The van der Waals surface area contributed by atoms with Crippen molar-refractivity contribution in [3.63, 3.8) is 0 Å². The minimum atomic E-state index is -0.552. The average molecular weight is 438 g/mol. The van der Waals surface area contributed by atoms with E-state index in [1.807, 2.05) is 0 Å². The summed E-state index contributed by atoms with van der Waals surface area (Å²) in [5.41, 5.74) is 2.64. The summed E-state index contributed by atoms with van der Waals surface area (Å²) < 4.78 is 19.1. The number of methoxy groups -OCH3 is 1. The fourth-order valence-electron chi connectivity index (χ4n) is 2.08. The summed E-state index contributed by atoms with van der Waals surface area (Å²) in [5, 5.41) is 16.1. The second-order valence-corrected chi connectivity index (χ2v) is 6.28. The van der Waals surface area contributed by atoms with E-state index >= 15 is 0 Å². The minimum Gasteiger partial charge on any atom is -0.504 e. The van der Waals surface area contributed by atoms with Crippen molar-refractivity contribution in [1.82, 2.24) is 5.43 Å². The molecule has 0 aliphatic heterocycles. The van der Waals surface area contributed by atoms with Crippen molar-refractivity contribution in [3.05, 3.63) is 52.3 Å². The fraction of sp³-hybridized carbons (Fsp3) is 0.167. The highest BCUT2D eigenvalue weighted by molar-refractivity contribution is 9.10. The zero-order valence-electron chi connectivity index (χ0n) is 14.3. The van der Waals surface area contributed by atoms with Crippen molar-refractivity contribution in [1.29, 1.82) is 0 Å². The molecule has 0 aliphatic carbocycles. The first-order valence-electron chi connectivity index (χ1n) is 7.83. The van der Waals surface area contributed by atoms with E-state index < -0.39 is 17.6 Å². The third-order valence-electron chi connectivity index (χ3n) is 3.41. The SMILES string of the molecule is COc1cc(Br)cc(/C=N/NC(=O)CCC(=O)Nc2ccccc2F)c1O. The number of hydrogen-bond donors (Lipinski definition) is 3. The number of halogens is 2. The fourth-order valence-corrected chi connectivity index (χ4v) is 2.54. The van der Waals surface area contributed by atoms with Crippen LogP contribution in [0, 0.1) is 5.82 Å². The Balaban J connectivity index is 1.84. The van der Waals surface area contributed by atoms with Gasteiger partial charge in [-0.1, -0.05) is 28.1 Å². The number of carbonyl (C=O) groups excluding carboxylic acids is 2. The van der Waals surface area contributed by atoms with Gasteiger partial charge in [0, 0.05) is 22.9 Å². The molecule has 0 aliphatic rings. The molecule has 0 heterocycles. The molecule has 27 heavy (non-hydrogen) atoms. The molecule has 142 valence electrons. The molecule has 0 saturated carbocycles. The first-order chi connectivity index (χ1) is 12.9. The maximum atomic E-state index is 13.4. The van der Waals surface area contributed by atoms with Crippen molar-refractivity contribution < 1.29 is 23.8 Å². The molecule has 0 fully saturated rings. The van der Waals surface area contributed by atoms with Crippen molar-refractivity contribution in [3.8, 4) is 11.5 Å². The van der Waals surface area contributed by atoms with Gasteiger partial charge in [0.15, 0.2) is 11.5 Å². The van der Waals surface area contributed by atoms with E-state index in [-0.39, 0.29) is 30.0 Å². The lowest BCUT2D eigenvalue weighted by Gasteiger charge is -2.07. The normalized spacial score (nSPS) is 10.6. The van der Waals surface area contributed by atoms with E-state index in [4.69, 9.17) is 4.74 Å². The van der Waals surface area contributed by atoms with Crippen molar-refractivity contribution in [2.24, 2.45) is 5.10 Å². The predicted octanol–water partition coefficient (Wildman–Crippen LogP) is 3.17. The Labute approximate surface area is 163 Å². The second-order valence-electron chi connectivity index (χ2n) is 5.37. The molecule has 0 bridgehead atoms. The molecule has 0 spiro atoms. The monoisotopic (exact) mass is 437 g/mol. The number of ether oxygens (including phenoxy) is 1. The molecule has 0 radical (unpaired) electrons. The summed E-state index contributed by atoms with van der Waals surface area (Å²) >= 11 is 3.27. The maximum absolute atomic E-state index is 13.4. The summed E-state index contributed by atoms with van der Waals surface area (Å²) in [4.78, 5) is 23.5. The topological polar surface area (TPSA) is 100 Å². The van der Waals surface area contributed by atoms with E-state index in [9.17, 15) is 19.1 Å². The average Bonchev–Trinajstić information content (AvgIpc) is 2.64. The molecule has 0 aromatic heterocycles. The highest BCUT2D eigenvalue weighted by atomic mass is 79.9. The second kappa shape index (κ2) is 9.67. The zero-order valence-corrected chi connectivity index (χ0v) is 15.9. The molecule has 0 atom stereocenters. The van der Waals surface area contributed by atoms with Crippen LogP contribution in [-0.2, 0) is 9.59 Å². The number of nitrogens with one attached hydrogen (secondary N) is 2. The first-order valence-corrected chi connectivity index (χ1v) is 8.62. The number of hydrazone groups is 1. The van der Waals surface area contributed by atoms with Gasteiger partial charge in [0.25, 0.3) is 0 Å². The number of phenolic OH excluding ortho intramolecular Hbond substituents is 1. The summed E-state index contributed by atoms with van der Waals surface area (Å²) in [6.07, 6.45) is 0.983. The van der Waals surface area contributed by atoms with Gasteiger partial charge >= 0.3 is 0 Å². The summed E-state index contributed by atoms with van der Waals surface area (Å²) in [7, 11) is 1.41. The molecule has 0 unspecified atom stereocenters. The smallest absolute Gasteiger partial charge is 0.240 e. The van der Waals surface area contributed by atoms with Crippen LogP contribution in [0.3, 0.4) is 0 Å². The van der Waals surface area contributed by atoms with Gasteiger partial charge in [0.05, 0.1) is 19.0 Å². The van der Waals surface area contributed by atoms with Gasteiger partial charge in [-0.3, -0.25) is 9.59 Å². The molecule has 2 aromatic carbocycles. The molecule has 2 aromatic rings. The van der Waals surface area contributed by atoms with E-state index in [0.717, 1.165) is 0 Å². The van der Waals surface area contributed by atoms with Crippen LogP contribution in [0.1, 0.15) is 18.4 Å². The predicted molar refractivity (Wildman–Crippen MR) is 102 cm³/mol. The standard InChI is InChI=1S/C18H17BrFN3O4/c1-27-15-9-12(19)8-11(18(15)26)10-21-23-17(25)7-6-16(24)22-14-5-3-2-4-13(14)20/h2-5,8-10,26H,6-7H2,1H3,(H,22,24)(H,23,25)/b21-10+. The van der Waals surface area contributed by atoms with Crippen LogP contribution in [-0.4, -0.2) is 30.2 Å². The van der Waals surface area contributed by atoms with Gasteiger partial charge in [-0.2, -0.15) is 5.10 Å². The van der Waals surface area contributed by atoms with Gasteiger partial charge in [0.1, 0.15) is 5.82 Å². The Morgan fingerprint density at radius 3 is 2.67 bits per heavy atom. The number of nitrogens with zero attached hydrogens (tertiary/aromatic N) is 1. The van der Waals surface area contributed by atoms with Crippen LogP contribution >= 0.6 is 15.9 Å². The highest BCUT2D eigenvalue weighted by Gasteiger charge is 2.10. The molecule has 3 N–H and O–H groups in total. The van der Waals surface area contributed by atoms with Crippen LogP contribution in [0.5, 0.6) is 11.5 Å². The Hall–Kier alpha value is -2.94. The molecular weight excluding hydrogens is 421 g/mol. The van der Waals surface area contributed by atoms with E-state index in [1.165, 1.54) is 31.5 Å². The molecule has 9 heteroatoms. The summed E-state index contributed by atoms with van der Waals surface area (Å²) in [5.74, 6) is -1.42. The van der Waals surface area contributed by atoms with E-state index in [2.05, 4.69) is 31.8 Å². The number of carbonyl (C=O) groups is 2. The Morgan fingerprint density at radius 2 is 1.96 bits per heavy atom. The summed E-state index contributed by atoms with van der Waals surface area (Å²) in [6, 6.07) is 8.93. The van der Waals surface area contributed by atoms with Gasteiger partial charge in [-0.15, -0.1) is 0 Å². The number of aromatic hydroxyl groups is 1. The lowest BCUT2D eigenvalue weighted by Crippen LogP contribution is -2.21. The van der Waals surface area contributed by atoms with Crippen molar-refractivity contribution in [2.45, 2.75) is 12.8 Å². The number of hydrogen-bond acceptors (Lipinski definition) is 5. The van der Waals surface area contributed by atoms with E-state index in [0.29, 0.717) is 10.0 Å². The zero-order chi connectivity index (χ0) is 19.8. The van der Waals surface area contributed by atoms with Crippen molar-refractivity contribution >= 4 is 39.6 Å². The van der Waals surface area contributed by atoms with Crippen LogP contribution in [0.25, 0.3) is 0 Å². The minimum absolute atomic E-state index is 0.0556. The third kappa shape index (κ3) is 6.07. The molecule has 2 amide bonds. The quantitative estimate of drug-likeness (QED) is 0.457. The van der Waals surface area contributed by atoms with Crippen molar-refractivity contribution in [2.75, 3.05) is 12.4 Å². The lowest BCUT2D eigenvalue weighted by molar-refractivity contribution is -0.124. The number of benzene rings is 2. The number of amides is 2. The summed E-state index contributed by atoms with van der Waals surface area (Å²) in [6.45, 7) is 0. The maximum Gasteiger partial charge on any atom is 0.240 e. The van der Waals surface area contributed by atoms with Crippen LogP contribution in [0.15, 0.2) is 46.0 Å². The highest BCUT2D eigenvalue weighted by Crippen LogP contribution is 2.32. The van der Waals surface area contributed by atoms with Crippen LogP contribution in [0.2, 0.25) is 0 Å².